The van der Waals surface area contributed by atoms with E-state index in [0.29, 0.717) is 11.1 Å². The lowest BCUT2D eigenvalue weighted by atomic mass is 9.84. The Hall–Kier alpha value is -3.40. The summed E-state index contributed by atoms with van der Waals surface area (Å²) < 4.78 is 1.66. The van der Waals surface area contributed by atoms with Crippen molar-refractivity contribution in [3.05, 3.63) is 93.1 Å². The minimum atomic E-state index is -0.167. The van der Waals surface area contributed by atoms with Crippen LogP contribution in [0, 0.1) is 0 Å². The van der Waals surface area contributed by atoms with Crippen molar-refractivity contribution in [1.29, 1.82) is 0 Å². The van der Waals surface area contributed by atoms with Crippen molar-refractivity contribution in [1.82, 2.24) is 9.55 Å². The predicted molar refractivity (Wildman–Crippen MR) is 119 cm³/mol. The Morgan fingerprint density at radius 2 is 1.55 bits per heavy atom. The lowest BCUT2D eigenvalue weighted by Gasteiger charge is -2.22. The lowest BCUT2D eigenvalue weighted by molar-refractivity contribution is 0.591. The average molecular weight is 384 g/mol. The van der Waals surface area contributed by atoms with Gasteiger partial charge < -0.3 is 9.55 Å². The molecule has 0 spiro atoms. The summed E-state index contributed by atoms with van der Waals surface area (Å²) in [5.41, 5.74) is 4.39. The highest BCUT2D eigenvalue weighted by Gasteiger charge is 2.20. The van der Waals surface area contributed by atoms with Crippen molar-refractivity contribution in [2.24, 2.45) is 7.05 Å². The van der Waals surface area contributed by atoms with Crippen molar-refractivity contribution >= 4 is 10.9 Å². The molecule has 4 nitrogen and oxygen atoms in total. The molecule has 4 aromatic rings. The molecule has 2 heterocycles. The molecule has 2 aromatic carbocycles. The molecule has 0 aliphatic heterocycles. The number of hydrogen-bond donors (Lipinski definition) is 1. The zero-order chi connectivity index (χ0) is 20.8. The SMILES string of the molecule is Cn1c(=O)c(-c2ccccc2)cc2cc(C(C)(C)C)cc(-c3ccc[nH]c3=O)c21. The number of nitrogens with one attached hydrogen (secondary N) is 1. The fraction of sp³-hybridized carbons (Fsp3) is 0.200. The largest absolute Gasteiger partial charge is 0.329 e. The van der Waals surface area contributed by atoms with E-state index in [1.54, 1.807) is 23.9 Å². The highest BCUT2D eigenvalue weighted by Crippen LogP contribution is 2.34. The first-order valence-electron chi connectivity index (χ1n) is 9.69. The molecule has 0 saturated heterocycles. The lowest BCUT2D eigenvalue weighted by Crippen LogP contribution is -2.21. The second-order valence-electron chi connectivity index (χ2n) is 8.41. The summed E-state index contributed by atoms with van der Waals surface area (Å²) in [4.78, 5) is 28.5. The maximum absolute atomic E-state index is 13.2. The smallest absolute Gasteiger partial charge is 0.258 e. The molecule has 0 aliphatic rings. The zero-order valence-corrected chi connectivity index (χ0v) is 17.1. The van der Waals surface area contributed by atoms with Crippen LogP contribution in [-0.4, -0.2) is 9.55 Å². The van der Waals surface area contributed by atoms with E-state index < -0.39 is 0 Å². The number of H-pyrrole nitrogens is 1. The molecule has 0 amide bonds. The van der Waals surface area contributed by atoms with E-state index in [0.717, 1.165) is 27.6 Å². The summed E-state index contributed by atoms with van der Waals surface area (Å²) in [6.07, 6.45) is 1.62. The van der Waals surface area contributed by atoms with Gasteiger partial charge in [0.25, 0.3) is 11.1 Å². The number of rotatable bonds is 2. The van der Waals surface area contributed by atoms with E-state index in [1.165, 1.54) is 0 Å². The van der Waals surface area contributed by atoms with E-state index in [9.17, 15) is 9.59 Å². The quantitative estimate of drug-likeness (QED) is 0.537. The molecular formula is C25H24N2O2. The summed E-state index contributed by atoms with van der Waals surface area (Å²) in [6, 6.07) is 19.4. The molecule has 0 fully saturated rings. The van der Waals surface area contributed by atoms with Gasteiger partial charge in [-0.3, -0.25) is 9.59 Å². The van der Waals surface area contributed by atoms with Crippen LogP contribution in [0.1, 0.15) is 26.3 Å². The van der Waals surface area contributed by atoms with E-state index in [1.807, 2.05) is 48.5 Å². The second-order valence-corrected chi connectivity index (χ2v) is 8.41. The first-order chi connectivity index (χ1) is 13.8. The van der Waals surface area contributed by atoms with Gasteiger partial charge in [0, 0.05) is 29.9 Å². The van der Waals surface area contributed by atoms with Crippen molar-refractivity contribution in [3.63, 3.8) is 0 Å². The third-order valence-electron chi connectivity index (χ3n) is 5.37. The Morgan fingerprint density at radius 3 is 2.21 bits per heavy atom. The Balaban J connectivity index is 2.16. The van der Waals surface area contributed by atoms with Crippen LogP contribution in [0.25, 0.3) is 33.2 Å². The van der Waals surface area contributed by atoms with Crippen LogP contribution in [0.4, 0.5) is 0 Å². The third kappa shape index (κ3) is 3.31. The van der Waals surface area contributed by atoms with Crippen LogP contribution in [0.2, 0.25) is 0 Å². The molecule has 0 radical (unpaired) electrons. The van der Waals surface area contributed by atoms with Crippen LogP contribution in [-0.2, 0) is 12.5 Å². The van der Waals surface area contributed by atoms with Crippen LogP contribution >= 0.6 is 0 Å². The van der Waals surface area contributed by atoms with Gasteiger partial charge in [-0.05, 0) is 52.3 Å². The average Bonchev–Trinajstić information content (AvgIpc) is 2.70. The summed E-state index contributed by atoms with van der Waals surface area (Å²) in [6.45, 7) is 6.44. The van der Waals surface area contributed by atoms with Crippen molar-refractivity contribution in [2.75, 3.05) is 0 Å². The normalized spacial score (nSPS) is 11.7. The Kier molecular flexibility index (Phi) is 4.50. The highest BCUT2D eigenvalue weighted by molar-refractivity contribution is 5.96. The van der Waals surface area contributed by atoms with Crippen molar-refractivity contribution < 1.29 is 0 Å². The van der Waals surface area contributed by atoms with Gasteiger partial charge in [-0.25, -0.2) is 0 Å². The zero-order valence-electron chi connectivity index (χ0n) is 17.1. The number of hydrogen-bond acceptors (Lipinski definition) is 2. The summed E-state index contributed by atoms with van der Waals surface area (Å²) >= 11 is 0. The molecule has 4 heteroatoms. The van der Waals surface area contributed by atoms with Gasteiger partial charge in [0.1, 0.15) is 0 Å². The van der Waals surface area contributed by atoms with E-state index in [2.05, 4.69) is 31.8 Å². The standard InChI is InChI=1S/C25H24N2O2/c1-25(2,3)18-13-17-14-20(16-9-6-5-7-10-16)24(29)27(4)22(17)21(15-18)19-11-8-12-26-23(19)28/h5-15H,1-4H3,(H,26,28). The number of benzene rings is 2. The van der Waals surface area contributed by atoms with Crippen LogP contribution in [0.5, 0.6) is 0 Å². The molecule has 146 valence electrons. The number of fused-ring (bicyclic) bond motifs is 1. The minimum Gasteiger partial charge on any atom is -0.329 e. The van der Waals surface area contributed by atoms with E-state index in [4.69, 9.17) is 0 Å². The molecule has 0 bridgehead atoms. The maximum atomic E-state index is 13.2. The van der Waals surface area contributed by atoms with Gasteiger partial charge in [0.05, 0.1) is 5.52 Å². The Labute approximate surface area is 169 Å². The molecule has 0 aliphatic carbocycles. The maximum Gasteiger partial charge on any atom is 0.258 e. The monoisotopic (exact) mass is 384 g/mol. The van der Waals surface area contributed by atoms with Gasteiger partial charge in [0.2, 0.25) is 0 Å². The fourth-order valence-corrected chi connectivity index (χ4v) is 3.74. The van der Waals surface area contributed by atoms with Crippen molar-refractivity contribution in [3.8, 4) is 22.3 Å². The molecule has 2 aromatic heterocycles. The molecule has 1 N–H and O–H groups in total. The van der Waals surface area contributed by atoms with Crippen molar-refractivity contribution in [2.45, 2.75) is 26.2 Å². The number of aryl methyl sites for hydroxylation is 1. The number of aromatic amines is 1. The summed E-state index contributed by atoms with van der Waals surface area (Å²) in [7, 11) is 1.77. The minimum absolute atomic E-state index is 0.0826. The van der Waals surface area contributed by atoms with Crippen LogP contribution < -0.4 is 11.1 Å². The number of aromatic nitrogens is 2. The predicted octanol–water partition coefficient (Wildman–Crippen LogP) is 4.86. The van der Waals surface area contributed by atoms with E-state index in [-0.39, 0.29) is 16.5 Å². The molecule has 0 unspecified atom stereocenters. The van der Waals surface area contributed by atoms with Gasteiger partial charge >= 0.3 is 0 Å². The van der Waals surface area contributed by atoms with E-state index >= 15 is 0 Å². The first kappa shape index (κ1) is 18.9. The topological polar surface area (TPSA) is 54.9 Å². The van der Waals surface area contributed by atoms with Gasteiger partial charge in [-0.15, -0.1) is 0 Å². The van der Waals surface area contributed by atoms with Crippen LogP contribution in [0.15, 0.2) is 76.4 Å². The molecule has 0 atom stereocenters. The molecule has 29 heavy (non-hydrogen) atoms. The van der Waals surface area contributed by atoms with Gasteiger partial charge in [-0.1, -0.05) is 51.1 Å². The third-order valence-corrected chi connectivity index (χ3v) is 5.37. The Morgan fingerprint density at radius 1 is 0.828 bits per heavy atom. The Bertz CT molecular complexity index is 1320. The second kappa shape index (κ2) is 6.89. The highest BCUT2D eigenvalue weighted by atomic mass is 16.1. The molecule has 0 saturated carbocycles. The first-order valence-corrected chi connectivity index (χ1v) is 9.69. The van der Waals surface area contributed by atoms with Gasteiger partial charge in [-0.2, -0.15) is 0 Å². The van der Waals surface area contributed by atoms with Crippen LogP contribution in [0.3, 0.4) is 0 Å². The summed E-state index contributed by atoms with van der Waals surface area (Å²) in [5, 5.41) is 0.941. The number of nitrogens with zero attached hydrogens (tertiary/aromatic N) is 1. The van der Waals surface area contributed by atoms with Gasteiger partial charge in [0.15, 0.2) is 0 Å². The molecule has 4 rings (SSSR count). The summed E-state index contributed by atoms with van der Waals surface area (Å²) in [5.74, 6) is 0. The number of pyridine rings is 2. The molecular weight excluding hydrogens is 360 g/mol. The fourth-order valence-electron chi connectivity index (χ4n) is 3.74.